The van der Waals surface area contributed by atoms with E-state index in [9.17, 15) is 4.79 Å². The first-order valence-corrected chi connectivity index (χ1v) is 15.6. The first-order chi connectivity index (χ1) is 19.1. The molecule has 4 saturated carbocycles. The number of hydrogen-bond donors (Lipinski definition) is 0. The first-order valence-electron chi connectivity index (χ1n) is 15.6. The molecule has 0 heterocycles. The fraction of sp³-hybridized carbons (Fsp3) is 0.486. The van der Waals surface area contributed by atoms with Crippen LogP contribution in [0.25, 0.3) is 0 Å². The molecule has 0 saturated heterocycles. The molecule has 39 heavy (non-hydrogen) atoms. The zero-order valence-electron chi connectivity index (χ0n) is 22.8. The van der Waals surface area contributed by atoms with Gasteiger partial charge in [0.15, 0.2) is 0 Å². The summed E-state index contributed by atoms with van der Waals surface area (Å²) in [6.07, 6.45) is 13.1. The molecule has 8 aliphatic carbocycles. The highest BCUT2D eigenvalue weighted by Gasteiger charge is 2.61. The number of benzene rings is 3. The Kier molecular flexibility index (Phi) is 4.75. The van der Waals surface area contributed by atoms with Gasteiger partial charge in [0.1, 0.15) is 5.60 Å². The Balaban J connectivity index is 1.05. The van der Waals surface area contributed by atoms with Gasteiger partial charge in [-0.2, -0.15) is 0 Å². The van der Waals surface area contributed by atoms with Crippen LogP contribution in [-0.4, -0.2) is 11.6 Å². The second-order valence-electron chi connectivity index (χ2n) is 14.2. The SMILES string of the molecule is O=C(OC12CC3CC(C1)CC(c1ccc4c(c1)CCCC4)(C3)C2)C1CC2c3ccccc3C1c1ccccc12. The number of ether oxygens (including phenoxy) is 1. The minimum Gasteiger partial charge on any atom is -0.459 e. The zero-order chi connectivity index (χ0) is 25.8. The lowest BCUT2D eigenvalue weighted by atomic mass is 9.46. The second kappa shape index (κ2) is 8.09. The van der Waals surface area contributed by atoms with Crippen LogP contribution in [-0.2, 0) is 27.8 Å². The molecule has 8 aliphatic rings. The maximum absolute atomic E-state index is 14.3. The quantitative estimate of drug-likeness (QED) is 0.331. The molecule has 2 heteroatoms. The van der Waals surface area contributed by atoms with Crippen molar-refractivity contribution in [3.8, 4) is 0 Å². The number of aryl methyl sites for hydroxylation is 2. The monoisotopic (exact) mass is 514 g/mol. The molecule has 3 aromatic rings. The third-order valence-corrected chi connectivity index (χ3v) is 11.9. The number of carbonyl (C=O) groups excluding carboxylic acids is 1. The first kappa shape index (κ1) is 22.9. The minimum atomic E-state index is -0.271. The molecule has 6 bridgehead atoms. The standard InChI is InChI=1S/C37H38O2/c38-35(33-17-32-28-9-3-5-11-30(28)34(33)31-12-6-4-10-29(31)32)39-37-20-23-15-24(21-37)19-36(18-23,22-37)27-14-13-25-7-1-2-8-26(25)16-27/h3-6,9-14,16,23-24,32-34H,1-2,7-8,15,17-22H2. The van der Waals surface area contributed by atoms with E-state index in [-0.39, 0.29) is 28.8 Å². The normalized spacial score (nSPS) is 36.7. The van der Waals surface area contributed by atoms with Crippen molar-refractivity contribution < 1.29 is 9.53 Å². The predicted octanol–water partition coefficient (Wildman–Crippen LogP) is 8.00. The topological polar surface area (TPSA) is 26.3 Å². The number of esters is 1. The highest BCUT2D eigenvalue weighted by atomic mass is 16.6. The predicted molar refractivity (Wildman–Crippen MR) is 153 cm³/mol. The van der Waals surface area contributed by atoms with Crippen molar-refractivity contribution in [1.29, 1.82) is 0 Å². The van der Waals surface area contributed by atoms with E-state index in [1.807, 2.05) is 0 Å². The van der Waals surface area contributed by atoms with Gasteiger partial charge in [-0.1, -0.05) is 66.7 Å². The summed E-state index contributed by atoms with van der Waals surface area (Å²) in [6, 6.07) is 25.2. The Morgan fingerprint density at radius 3 is 2.05 bits per heavy atom. The van der Waals surface area contributed by atoms with Gasteiger partial charge in [0.05, 0.1) is 5.92 Å². The van der Waals surface area contributed by atoms with E-state index >= 15 is 0 Å². The van der Waals surface area contributed by atoms with Gasteiger partial charge in [-0.15, -0.1) is 0 Å². The summed E-state index contributed by atoms with van der Waals surface area (Å²) in [5, 5.41) is 0. The zero-order valence-corrected chi connectivity index (χ0v) is 22.8. The summed E-state index contributed by atoms with van der Waals surface area (Å²) in [7, 11) is 0. The van der Waals surface area contributed by atoms with Crippen molar-refractivity contribution in [3.05, 3.63) is 106 Å². The number of hydrogen-bond acceptors (Lipinski definition) is 2. The molecule has 0 aromatic heterocycles. The van der Waals surface area contributed by atoms with Gasteiger partial charge in [0.2, 0.25) is 0 Å². The molecular weight excluding hydrogens is 476 g/mol. The van der Waals surface area contributed by atoms with Crippen LogP contribution in [0.4, 0.5) is 0 Å². The van der Waals surface area contributed by atoms with Gasteiger partial charge < -0.3 is 4.74 Å². The molecule has 2 nitrogen and oxygen atoms in total. The van der Waals surface area contributed by atoms with E-state index in [4.69, 9.17) is 4.74 Å². The van der Waals surface area contributed by atoms with Crippen LogP contribution in [0.1, 0.15) is 109 Å². The molecule has 3 atom stereocenters. The molecule has 0 spiro atoms. The Hall–Kier alpha value is -2.87. The van der Waals surface area contributed by atoms with Crippen LogP contribution < -0.4 is 0 Å². The molecule has 0 radical (unpaired) electrons. The Bertz CT molecular complexity index is 1440. The van der Waals surface area contributed by atoms with Gasteiger partial charge in [-0.05, 0) is 127 Å². The maximum Gasteiger partial charge on any atom is 0.310 e. The molecular formula is C37H38O2. The molecule has 0 aliphatic heterocycles. The molecule has 198 valence electrons. The van der Waals surface area contributed by atoms with Crippen molar-refractivity contribution in [1.82, 2.24) is 0 Å². The lowest BCUT2D eigenvalue weighted by molar-refractivity contribution is -0.196. The summed E-state index contributed by atoms with van der Waals surface area (Å²) in [4.78, 5) is 14.3. The molecule has 11 rings (SSSR count). The molecule has 0 N–H and O–H groups in total. The Morgan fingerprint density at radius 2 is 1.36 bits per heavy atom. The van der Waals surface area contributed by atoms with E-state index in [1.54, 1.807) is 16.7 Å². The fourth-order valence-electron chi connectivity index (χ4n) is 10.9. The highest BCUT2D eigenvalue weighted by molar-refractivity contribution is 5.78. The summed E-state index contributed by atoms with van der Waals surface area (Å²) < 4.78 is 6.89. The van der Waals surface area contributed by atoms with Crippen LogP contribution >= 0.6 is 0 Å². The van der Waals surface area contributed by atoms with E-state index in [0.717, 1.165) is 25.7 Å². The van der Waals surface area contributed by atoms with E-state index in [1.165, 1.54) is 67.2 Å². The average Bonchev–Trinajstić information content (AvgIpc) is 2.96. The van der Waals surface area contributed by atoms with Gasteiger partial charge in [-0.25, -0.2) is 0 Å². The Morgan fingerprint density at radius 1 is 0.718 bits per heavy atom. The van der Waals surface area contributed by atoms with E-state index < -0.39 is 0 Å². The second-order valence-corrected chi connectivity index (χ2v) is 14.2. The van der Waals surface area contributed by atoms with Gasteiger partial charge in [-0.3, -0.25) is 4.79 Å². The fourth-order valence-corrected chi connectivity index (χ4v) is 10.9. The van der Waals surface area contributed by atoms with Crippen LogP contribution in [0.5, 0.6) is 0 Å². The third kappa shape index (κ3) is 3.30. The Labute approximate surface area is 232 Å². The summed E-state index contributed by atoms with van der Waals surface area (Å²) in [5.41, 5.74) is 10.2. The van der Waals surface area contributed by atoms with Crippen LogP contribution in [0.3, 0.4) is 0 Å². The van der Waals surface area contributed by atoms with Crippen molar-refractivity contribution in [2.75, 3.05) is 0 Å². The molecule has 3 aromatic carbocycles. The van der Waals surface area contributed by atoms with Crippen molar-refractivity contribution in [2.24, 2.45) is 17.8 Å². The summed E-state index contributed by atoms with van der Waals surface area (Å²) in [6.45, 7) is 0. The van der Waals surface area contributed by atoms with E-state index in [0.29, 0.717) is 17.8 Å². The van der Waals surface area contributed by atoms with Gasteiger partial charge in [0, 0.05) is 11.8 Å². The molecule has 4 fully saturated rings. The molecule has 3 unspecified atom stereocenters. The number of carbonyl (C=O) groups is 1. The number of fused-ring (bicyclic) bond motifs is 2. The maximum atomic E-state index is 14.3. The van der Waals surface area contributed by atoms with Gasteiger partial charge in [0.25, 0.3) is 0 Å². The van der Waals surface area contributed by atoms with Crippen molar-refractivity contribution >= 4 is 5.97 Å². The number of rotatable bonds is 3. The third-order valence-electron chi connectivity index (χ3n) is 11.9. The smallest absolute Gasteiger partial charge is 0.310 e. The van der Waals surface area contributed by atoms with Crippen LogP contribution in [0.15, 0.2) is 66.7 Å². The highest BCUT2D eigenvalue weighted by Crippen LogP contribution is 2.64. The minimum absolute atomic E-state index is 0.0764. The lowest BCUT2D eigenvalue weighted by Crippen LogP contribution is -2.59. The van der Waals surface area contributed by atoms with Crippen molar-refractivity contribution in [2.45, 2.75) is 93.5 Å². The lowest BCUT2D eigenvalue weighted by Gasteiger charge is -2.61. The van der Waals surface area contributed by atoms with Crippen molar-refractivity contribution in [3.63, 3.8) is 0 Å². The van der Waals surface area contributed by atoms with Gasteiger partial charge >= 0.3 is 5.97 Å². The largest absolute Gasteiger partial charge is 0.459 e. The summed E-state index contributed by atoms with van der Waals surface area (Å²) >= 11 is 0. The molecule has 0 amide bonds. The van der Waals surface area contributed by atoms with E-state index in [2.05, 4.69) is 66.7 Å². The van der Waals surface area contributed by atoms with Crippen LogP contribution in [0, 0.1) is 17.8 Å². The summed E-state index contributed by atoms with van der Waals surface area (Å²) in [5.74, 6) is 1.82. The average molecular weight is 515 g/mol. The van der Waals surface area contributed by atoms with Crippen LogP contribution in [0.2, 0.25) is 0 Å².